The van der Waals surface area contributed by atoms with Crippen LogP contribution in [0, 0.1) is 5.82 Å². The van der Waals surface area contributed by atoms with E-state index in [1.807, 2.05) is 48.5 Å². The Morgan fingerprint density at radius 3 is 2.37 bits per heavy atom. The van der Waals surface area contributed by atoms with Gasteiger partial charge in [-0.3, -0.25) is 9.36 Å². The highest BCUT2D eigenvalue weighted by atomic mass is 19.1. The maximum atomic E-state index is 14.6. The number of ether oxygens (including phenoxy) is 2. The number of para-hydroxylation sites is 1. The molecular weight excluding hydrogens is 383 g/mol. The summed E-state index contributed by atoms with van der Waals surface area (Å²) in [6.07, 6.45) is 1.39. The molecule has 6 heteroatoms. The fourth-order valence-electron chi connectivity index (χ4n) is 2.94. The molecule has 3 aromatic carbocycles. The summed E-state index contributed by atoms with van der Waals surface area (Å²) in [7, 11) is 1.56. The highest BCUT2D eigenvalue weighted by Gasteiger charge is 2.13. The summed E-state index contributed by atoms with van der Waals surface area (Å²) in [6, 6.07) is 23.1. The van der Waals surface area contributed by atoms with E-state index in [1.54, 1.807) is 25.2 Å². The van der Waals surface area contributed by atoms with Crippen LogP contribution >= 0.6 is 0 Å². The summed E-state index contributed by atoms with van der Waals surface area (Å²) in [5.41, 5.74) is 1.28. The summed E-state index contributed by atoms with van der Waals surface area (Å²) in [5, 5.41) is 0. The molecule has 30 heavy (non-hydrogen) atoms. The number of rotatable bonds is 6. The van der Waals surface area contributed by atoms with E-state index >= 15 is 0 Å². The Labute approximate surface area is 173 Å². The molecule has 5 nitrogen and oxygen atoms in total. The van der Waals surface area contributed by atoms with Crippen molar-refractivity contribution in [3.8, 4) is 28.6 Å². The van der Waals surface area contributed by atoms with Crippen molar-refractivity contribution in [2.24, 2.45) is 7.05 Å². The Hall–Kier alpha value is -3.93. The van der Waals surface area contributed by atoms with E-state index in [9.17, 15) is 9.18 Å². The van der Waals surface area contributed by atoms with Gasteiger partial charge in [0.15, 0.2) is 11.6 Å². The molecule has 0 radical (unpaired) electrons. The first kappa shape index (κ1) is 19.4. The van der Waals surface area contributed by atoms with Crippen LogP contribution in [0.2, 0.25) is 0 Å². The standard InChI is InChI=1S/C24H19FN2O3/c1-27-23(28)20(15-26-24(27)30-19-10-6-3-7-11-19)18-12-13-22(21(25)14-18)29-16-17-8-4-2-5-9-17/h2-15H,16H2,1H3. The van der Waals surface area contributed by atoms with E-state index < -0.39 is 5.82 Å². The molecule has 0 unspecified atom stereocenters. The van der Waals surface area contributed by atoms with Gasteiger partial charge in [0, 0.05) is 13.2 Å². The Morgan fingerprint density at radius 1 is 0.967 bits per heavy atom. The normalized spacial score (nSPS) is 10.6. The monoisotopic (exact) mass is 402 g/mol. The molecule has 1 aromatic heterocycles. The smallest absolute Gasteiger partial charge is 0.304 e. The number of benzene rings is 3. The van der Waals surface area contributed by atoms with Crippen LogP contribution in [0.5, 0.6) is 17.5 Å². The van der Waals surface area contributed by atoms with E-state index in [2.05, 4.69) is 4.98 Å². The van der Waals surface area contributed by atoms with Gasteiger partial charge in [0.2, 0.25) is 0 Å². The van der Waals surface area contributed by atoms with E-state index in [1.165, 1.54) is 22.9 Å². The second-order valence-electron chi connectivity index (χ2n) is 6.65. The fourth-order valence-corrected chi connectivity index (χ4v) is 2.94. The van der Waals surface area contributed by atoms with Gasteiger partial charge in [0.1, 0.15) is 12.4 Å². The Bertz CT molecular complexity index is 1210. The van der Waals surface area contributed by atoms with Gasteiger partial charge < -0.3 is 9.47 Å². The summed E-state index contributed by atoms with van der Waals surface area (Å²) in [5.74, 6) is 0.144. The van der Waals surface area contributed by atoms with Gasteiger partial charge in [-0.15, -0.1) is 0 Å². The van der Waals surface area contributed by atoms with Crippen LogP contribution in [0.25, 0.3) is 11.1 Å². The zero-order chi connectivity index (χ0) is 20.9. The number of halogens is 1. The first-order chi connectivity index (χ1) is 14.6. The predicted molar refractivity (Wildman–Crippen MR) is 112 cm³/mol. The highest BCUT2D eigenvalue weighted by Crippen LogP contribution is 2.25. The topological polar surface area (TPSA) is 53.4 Å². The van der Waals surface area contributed by atoms with Gasteiger partial charge in [-0.25, -0.2) is 9.37 Å². The lowest BCUT2D eigenvalue weighted by atomic mass is 10.1. The quantitative estimate of drug-likeness (QED) is 0.458. The summed E-state index contributed by atoms with van der Waals surface area (Å²) in [4.78, 5) is 17.0. The minimum Gasteiger partial charge on any atom is -0.486 e. The van der Waals surface area contributed by atoms with E-state index in [0.29, 0.717) is 11.3 Å². The molecule has 1 heterocycles. The van der Waals surface area contributed by atoms with Crippen LogP contribution in [0.4, 0.5) is 4.39 Å². The van der Waals surface area contributed by atoms with E-state index in [4.69, 9.17) is 9.47 Å². The molecule has 0 saturated heterocycles. The van der Waals surface area contributed by atoms with Gasteiger partial charge in [-0.05, 0) is 35.4 Å². The van der Waals surface area contributed by atoms with E-state index in [0.717, 1.165) is 5.56 Å². The molecule has 0 spiro atoms. The molecule has 4 rings (SSSR count). The molecule has 0 fully saturated rings. The van der Waals surface area contributed by atoms with Gasteiger partial charge in [-0.1, -0.05) is 54.6 Å². The Balaban J connectivity index is 1.55. The van der Waals surface area contributed by atoms with Crippen molar-refractivity contribution in [1.29, 1.82) is 0 Å². The van der Waals surface area contributed by atoms with Gasteiger partial charge >= 0.3 is 6.01 Å². The zero-order valence-corrected chi connectivity index (χ0v) is 16.3. The lowest BCUT2D eigenvalue weighted by Crippen LogP contribution is -2.21. The summed E-state index contributed by atoms with van der Waals surface area (Å²) >= 11 is 0. The molecule has 0 atom stereocenters. The fraction of sp³-hybridized carbons (Fsp3) is 0.0833. The predicted octanol–water partition coefficient (Wildman–Crippen LogP) is 4.96. The lowest BCUT2D eigenvalue weighted by Gasteiger charge is -2.11. The molecule has 0 saturated carbocycles. The molecule has 0 N–H and O–H groups in total. The van der Waals surface area contributed by atoms with Crippen molar-refractivity contribution in [1.82, 2.24) is 9.55 Å². The molecule has 4 aromatic rings. The van der Waals surface area contributed by atoms with Crippen LogP contribution in [0.15, 0.2) is 89.9 Å². The number of hydrogen-bond donors (Lipinski definition) is 0. The molecule has 150 valence electrons. The largest absolute Gasteiger partial charge is 0.486 e. The number of nitrogens with zero attached hydrogens (tertiary/aromatic N) is 2. The van der Waals surface area contributed by atoms with Crippen molar-refractivity contribution in [2.75, 3.05) is 0 Å². The SMILES string of the molecule is Cn1c(Oc2ccccc2)ncc(-c2ccc(OCc3ccccc3)c(F)c2)c1=O. The van der Waals surface area contributed by atoms with Crippen molar-refractivity contribution < 1.29 is 13.9 Å². The first-order valence-corrected chi connectivity index (χ1v) is 9.37. The van der Waals surface area contributed by atoms with Crippen molar-refractivity contribution in [3.63, 3.8) is 0 Å². The van der Waals surface area contributed by atoms with Crippen LogP contribution in [-0.2, 0) is 13.7 Å². The first-order valence-electron chi connectivity index (χ1n) is 9.37. The molecule has 0 bridgehead atoms. The average molecular weight is 402 g/mol. The minimum atomic E-state index is -0.546. The minimum absolute atomic E-state index is 0.122. The van der Waals surface area contributed by atoms with Gasteiger partial charge in [-0.2, -0.15) is 0 Å². The maximum Gasteiger partial charge on any atom is 0.304 e. The van der Waals surface area contributed by atoms with Crippen molar-refractivity contribution >= 4 is 0 Å². The third-order valence-electron chi connectivity index (χ3n) is 4.56. The second-order valence-corrected chi connectivity index (χ2v) is 6.65. The highest BCUT2D eigenvalue weighted by molar-refractivity contribution is 5.63. The number of aromatic nitrogens is 2. The summed E-state index contributed by atoms with van der Waals surface area (Å²) < 4.78 is 27.1. The molecule has 0 aliphatic carbocycles. The van der Waals surface area contributed by atoms with Gasteiger partial charge in [0.25, 0.3) is 5.56 Å². The van der Waals surface area contributed by atoms with Crippen LogP contribution in [-0.4, -0.2) is 9.55 Å². The molecule has 0 amide bonds. The van der Waals surface area contributed by atoms with E-state index in [-0.39, 0.29) is 29.5 Å². The van der Waals surface area contributed by atoms with Crippen LogP contribution < -0.4 is 15.0 Å². The third-order valence-corrected chi connectivity index (χ3v) is 4.56. The van der Waals surface area contributed by atoms with Crippen LogP contribution in [0.3, 0.4) is 0 Å². The van der Waals surface area contributed by atoms with Crippen LogP contribution in [0.1, 0.15) is 5.56 Å². The van der Waals surface area contributed by atoms with Gasteiger partial charge in [0.05, 0.1) is 5.56 Å². The molecule has 0 aliphatic rings. The van der Waals surface area contributed by atoms with Crippen molar-refractivity contribution in [3.05, 3.63) is 107 Å². The maximum absolute atomic E-state index is 14.6. The molecule has 0 aliphatic heterocycles. The third kappa shape index (κ3) is 4.22. The zero-order valence-electron chi connectivity index (χ0n) is 16.3. The Morgan fingerprint density at radius 2 is 1.67 bits per heavy atom. The average Bonchev–Trinajstić information content (AvgIpc) is 2.78. The molecular formula is C24H19FN2O3. The van der Waals surface area contributed by atoms with Crippen molar-refractivity contribution in [2.45, 2.75) is 6.61 Å². The lowest BCUT2D eigenvalue weighted by molar-refractivity contribution is 0.290. The Kier molecular flexibility index (Phi) is 5.57. The number of hydrogen-bond acceptors (Lipinski definition) is 4. The second kappa shape index (κ2) is 8.61. The summed E-state index contributed by atoms with van der Waals surface area (Å²) in [6.45, 7) is 0.256.